The van der Waals surface area contributed by atoms with Gasteiger partial charge in [-0.3, -0.25) is 15.0 Å². The molecule has 10 nitrogen and oxygen atoms in total. The minimum atomic E-state index is -3.43. The van der Waals surface area contributed by atoms with E-state index in [-0.39, 0.29) is 17.2 Å². The third kappa shape index (κ3) is 5.29. The van der Waals surface area contributed by atoms with E-state index in [1.54, 1.807) is 20.0 Å². The van der Waals surface area contributed by atoms with Crippen LogP contribution in [0, 0.1) is 5.82 Å². The van der Waals surface area contributed by atoms with Crippen LogP contribution in [0.1, 0.15) is 18.6 Å². The fraction of sp³-hybridized carbons (Fsp3) is 0.222. The van der Waals surface area contributed by atoms with Crippen molar-refractivity contribution in [2.45, 2.75) is 13.0 Å². The Hall–Kier alpha value is -3.54. The lowest BCUT2D eigenvalue weighted by atomic mass is 10.1. The molecule has 3 rings (SSSR count). The van der Waals surface area contributed by atoms with Gasteiger partial charge >= 0.3 is 6.09 Å². The van der Waals surface area contributed by atoms with Crippen LogP contribution in [-0.4, -0.2) is 40.7 Å². The van der Waals surface area contributed by atoms with E-state index in [1.807, 2.05) is 0 Å². The van der Waals surface area contributed by atoms with Crippen molar-refractivity contribution in [2.24, 2.45) is 7.05 Å². The first-order valence-corrected chi connectivity index (χ1v) is 10.6. The van der Waals surface area contributed by atoms with E-state index >= 15 is 0 Å². The molecule has 0 aliphatic carbocycles. The summed E-state index contributed by atoms with van der Waals surface area (Å²) in [5, 5.41) is 10.4. The summed E-state index contributed by atoms with van der Waals surface area (Å²) in [6.45, 7) is 1.62. The summed E-state index contributed by atoms with van der Waals surface area (Å²) in [4.78, 5) is 16.5. The summed E-state index contributed by atoms with van der Waals surface area (Å²) in [7, 11) is -1.86. The molecular formula is C18H19FN6O4S. The highest BCUT2D eigenvalue weighted by Crippen LogP contribution is 2.25. The van der Waals surface area contributed by atoms with E-state index in [4.69, 9.17) is 4.74 Å². The lowest BCUT2D eigenvalue weighted by Crippen LogP contribution is -2.18. The normalized spacial score (nSPS) is 12.3. The molecule has 1 atom stereocenters. The first-order chi connectivity index (χ1) is 14.1. The molecule has 0 saturated heterocycles. The predicted octanol–water partition coefficient (Wildman–Crippen LogP) is 2.70. The second-order valence-electron chi connectivity index (χ2n) is 6.44. The Labute approximate surface area is 172 Å². The number of aryl methyl sites for hydroxylation is 1. The molecule has 30 heavy (non-hydrogen) atoms. The first-order valence-electron chi connectivity index (χ1n) is 8.69. The third-order valence-corrected chi connectivity index (χ3v) is 4.57. The summed E-state index contributed by atoms with van der Waals surface area (Å²) in [6, 6.07) is 8.79. The Morgan fingerprint density at radius 3 is 2.67 bits per heavy atom. The number of aromatic nitrogens is 4. The van der Waals surface area contributed by atoms with Crippen LogP contribution in [-0.2, 0) is 21.8 Å². The highest BCUT2D eigenvalue weighted by molar-refractivity contribution is 7.92. The van der Waals surface area contributed by atoms with Crippen LogP contribution < -0.4 is 10.0 Å². The zero-order valence-electron chi connectivity index (χ0n) is 16.3. The summed E-state index contributed by atoms with van der Waals surface area (Å²) in [5.74, 6) is -0.205. The molecule has 0 unspecified atom stereocenters. The number of nitrogens with one attached hydrogen (secondary N) is 2. The molecule has 2 N–H and O–H groups in total. The van der Waals surface area contributed by atoms with Crippen LogP contribution in [0.15, 0.2) is 42.6 Å². The van der Waals surface area contributed by atoms with Gasteiger partial charge in [-0.05, 0) is 36.8 Å². The van der Waals surface area contributed by atoms with Crippen LogP contribution >= 0.6 is 0 Å². The highest BCUT2D eigenvalue weighted by atomic mass is 32.2. The summed E-state index contributed by atoms with van der Waals surface area (Å²) in [6.07, 6.45) is 0.875. The molecule has 0 radical (unpaired) electrons. The second kappa shape index (κ2) is 8.45. The Morgan fingerprint density at radius 2 is 2.03 bits per heavy atom. The summed E-state index contributed by atoms with van der Waals surface area (Å²) >= 11 is 0. The number of sulfonamides is 1. The van der Waals surface area contributed by atoms with Gasteiger partial charge in [-0.15, -0.1) is 5.10 Å². The number of carbonyl (C=O) groups is 1. The molecule has 158 valence electrons. The van der Waals surface area contributed by atoms with Gasteiger partial charge in [0.1, 0.15) is 11.9 Å². The number of nitrogens with zero attached hydrogens (tertiary/aromatic N) is 4. The molecule has 12 heteroatoms. The van der Waals surface area contributed by atoms with Gasteiger partial charge in [0.2, 0.25) is 10.0 Å². The molecule has 0 bridgehead atoms. The fourth-order valence-electron chi connectivity index (χ4n) is 2.59. The maximum atomic E-state index is 13.4. The molecule has 2 heterocycles. The topological polar surface area (TPSA) is 128 Å². The predicted molar refractivity (Wildman–Crippen MR) is 108 cm³/mol. The van der Waals surface area contributed by atoms with Gasteiger partial charge in [0, 0.05) is 7.05 Å². The van der Waals surface area contributed by atoms with E-state index in [2.05, 4.69) is 25.3 Å². The molecule has 0 fully saturated rings. The van der Waals surface area contributed by atoms with Crippen LogP contribution in [0.3, 0.4) is 0 Å². The number of ether oxygens (including phenoxy) is 1. The summed E-state index contributed by atoms with van der Waals surface area (Å²) in [5.41, 5.74) is 1.40. The number of rotatable bonds is 6. The largest absolute Gasteiger partial charge is 0.441 e. The van der Waals surface area contributed by atoms with Crippen molar-refractivity contribution >= 4 is 27.6 Å². The third-order valence-electron chi connectivity index (χ3n) is 3.96. The van der Waals surface area contributed by atoms with E-state index < -0.39 is 28.0 Å². The molecule has 0 aliphatic heterocycles. The maximum Gasteiger partial charge on any atom is 0.413 e. The second-order valence-corrected chi connectivity index (χ2v) is 8.19. The number of hydrogen-bond acceptors (Lipinski definition) is 7. The Morgan fingerprint density at radius 1 is 1.27 bits per heavy atom. The molecule has 0 saturated carbocycles. The summed E-state index contributed by atoms with van der Waals surface area (Å²) < 4.78 is 44.9. The number of pyridine rings is 1. The van der Waals surface area contributed by atoms with E-state index in [0.29, 0.717) is 11.3 Å². The van der Waals surface area contributed by atoms with Gasteiger partial charge < -0.3 is 4.74 Å². The maximum absolute atomic E-state index is 13.4. The average molecular weight is 434 g/mol. The number of benzene rings is 1. The zero-order chi connectivity index (χ0) is 21.9. The number of carbonyl (C=O) groups excluding carboxylic acids is 1. The zero-order valence-corrected chi connectivity index (χ0v) is 17.1. The van der Waals surface area contributed by atoms with Gasteiger partial charge in [0.25, 0.3) is 0 Å². The molecule has 0 spiro atoms. The van der Waals surface area contributed by atoms with Gasteiger partial charge in [0.05, 0.1) is 23.8 Å². The van der Waals surface area contributed by atoms with Crippen molar-refractivity contribution in [2.75, 3.05) is 16.3 Å². The SMILES string of the molecule is C[C@@H](OC(=O)Nc1c(-c2ccc(NS(C)(=O)=O)cn2)nnn1C)c1cccc(F)c1. The number of amides is 1. The monoisotopic (exact) mass is 434 g/mol. The molecular weight excluding hydrogens is 415 g/mol. The van der Waals surface area contributed by atoms with Crippen molar-refractivity contribution in [1.29, 1.82) is 0 Å². The van der Waals surface area contributed by atoms with Crippen molar-refractivity contribution in [3.05, 3.63) is 54.0 Å². The van der Waals surface area contributed by atoms with E-state index in [1.165, 1.54) is 41.2 Å². The smallest absolute Gasteiger partial charge is 0.413 e. The van der Waals surface area contributed by atoms with Gasteiger partial charge in [-0.2, -0.15) is 0 Å². The molecule has 1 amide bonds. The molecule has 3 aromatic rings. The van der Waals surface area contributed by atoms with E-state index in [9.17, 15) is 17.6 Å². The Kier molecular flexibility index (Phi) is 5.96. The minimum absolute atomic E-state index is 0.225. The number of halogens is 1. The fourth-order valence-corrected chi connectivity index (χ4v) is 3.14. The molecule has 2 aromatic heterocycles. The molecule has 0 aliphatic rings. The van der Waals surface area contributed by atoms with Gasteiger partial charge in [0.15, 0.2) is 11.5 Å². The highest BCUT2D eigenvalue weighted by Gasteiger charge is 2.19. The Bertz CT molecular complexity index is 1160. The average Bonchev–Trinajstić information content (AvgIpc) is 3.01. The number of anilines is 2. The lowest BCUT2D eigenvalue weighted by Gasteiger charge is -2.14. The van der Waals surface area contributed by atoms with Crippen molar-refractivity contribution < 1.29 is 22.3 Å². The minimum Gasteiger partial charge on any atom is -0.441 e. The van der Waals surface area contributed by atoms with Crippen LogP contribution in [0.5, 0.6) is 0 Å². The van der Waals surface area contributed by atoms with Crippen molar-refractivity contribution in [1.82, 2.24) is 20.0 Å². The van der Waals surface area contributed by atoms with Crippen LogP contribution in [0.4, 0.5) is 20.7 Å². The Balaban J connectivity index is 1.75. The van der Waals surface area contributed by atoms with Crippen molar-refractivity contribution in [3.63, 3.8) is 0 Å². The van der Waals surface area contributed by atoms with Crippen LogP contribution in [0.25, 0.3) is 11.4 Å². The quantitative estimate of drug-likeness (QED) is 0.610. The molecule has 1 aromatic carbocycles. The van der Waals surface area contributed by atoms with E-state index in [0.717, 1.165) is 6.26 Å². The standard InChI is InChI=1S/C18H19FN6O4S/c1-11(12-5-4-6-13(19)9-12)29-18(26)21-17-16(22-24-25(17)2)15-8-7-14(10-20-15)23-30(3,27)28/h4-11,23H,1-3H3,(H,21,26)/t11-/m1/s1. The van der Waals surface area contributed by atoms with Gasteiger partial charge in [-0.1, -0.05) is 17.3 Å². The lowest BCUT2D eigenvalue weighted by molar-refractivity contribution is 0.121. The van der Waals surface area contributed by atoms with Crippen LogP contribution in [0.2, 0.25) is 0 Å². The van der Waals surface area contributed by atoms with Crippen molar-refractivity contribution in [3.8, 4) is 11.4 Å². The first kappa shape index (κ1) is 21.2. The number of hydrogen-bond donors (Lipinski definition) is 2. The van der Waals surface area contributed by atoms with Gasteiger partial charge in [-0.25, -0.2) is 22.3 Å².